The normalized spacial score (nSPS) is 26.1. The number of fused-ring (bicyclic) bond motifs is 1. The third-order valence-electron chi connectivity index (χ3n) is 7.46. The Bertz CT molecular complexity index is 903. The molecule has 0 unspecified atom stereocenters. The monoisotopic (exact) mass is 468 g/mol. The fourth-order valence-electron chi connectivity index (χ4n) is 4.72. The number of benzene rings is 1. The van der Waals surface area contributed by atoms with Gasteiger partial charge in [-0.1, -0.05) is 60.1 Å². The SMILES string of the molecule is CCC(C)(C)[C@@H]1CCC2=NN(C(=O)COc3ccc(C(C)(C)C)cc3)[C@](O)(C(F)(F)F)[C@@H]2C1. The van der Waals surface area contributed by atoms with Gasteiger partial charge in [0.05, 0.1) is 5.92 Å². The molecular formula is C25H35F3N2O3. The van der Waals surface area contributed by atoms with Crippen molar-refractivity contribution in [2.24, 2.45) is 22.4 Å². The Morgan fingerprint density at radius 1 is 1.18 bits per heavy atom. The van der Waals surface area contributed by atoms with Crippen LogP contribution in [0.3, 0.4) is 0 Å². The Labute approximate surface area is 194 Å². The lowest BCUT2D eigenvalue weighted by molar-refractivity contribution is -0.318. The third kappa shape index (κ3) is 4.77. The lowest BCUT2D eigenvalue weighted by atomic mass is 9.64. The van der Waals surface area contributed by atoms with Crippen molar-refractivity contribution >= 4 is 11.6 Å². The molecule has 1 N–H and O–H groups in total. The standard InChI is InChI=1S/C25H35F3N2O3/c1-7-23(5,6)17-10-13-20-19(14-17)24(32,25(26,27)28)30(29-20)21(31)15-33-18-11-8-16(9-12-18)22(2,3)4/h8-9,11-12,17,19,32H,7,10,13-15H2,1-6H3/t17-,19-,24-/m1/s1. The highest BCUT2D eigenvalue weighted by Crippen LogP contribution is 2.52. The summed E-state index contributed by atoms with van der Waals surface area (Å²) in [5.74, 6) is -1.94. The number of hydrogen-bond donors (Lipinski definition) is 1. The van der Waals surface area contributed by atoms with Crippen molar-refractivity contribution in [3.8, 4) is 5.75 Å². The van der Waals surface area contributed by atoms with Crippen LogP contribution in [0.25, 0.3) is 0 Å². The predicted octanol–water partition coefficient (Wildman–Crippen LogP) is 5.66. The maximum atomic E-state index is 14.2. The van der Waals surface area contributed by atoms with E-state index in [0.29, 0.717) is 18.6 Å². The van der Waals surface area contributed by atoms with Gasteiger partial charge in [-0.2, -0.15) is 23.3 Å². The number of ether oxygens (including phenoxy) is 1. The van der Waals surface area contributed by atoms with Gasteiger partial charge in [0.2, 0.25) is 0 Å². The molecule has 0 spiro atoms. The van der Waals surface area contributed by atoms with E-state index in [1.807, 2.05) is 32.9 Å². The molecule has 0 aromatic heterocycles. The van der Waals surface area contributed by atoms with Crippen LogP contribution in [0.4, 0.5) is 13.2 Å². The largest absolute Gasteiger partial charge is 0.484 e. The van der Waals surface area contributed by atoms with Crippen molar-refractivity contribution in [2.75, 3.05) is 6.61 Å². The van der Waals surface area contributed by atoms with Crippen molar-refractivity contribution in [1.82, 2.24) is 5.01 Å². The second kappa shape index (κ2) is 8.60. The quantitative estimate of drug-likeness (QED) is 0.606. The van der Waals surface area contributed by atoms with Crippen LogP contribution >= 0.6 is 0 Å². The molecule has 3 atom stereocenters. The molecule has 1 amide bonds. The van der Waals surface area contributed by atoms with E-state index < -0.39 is 30.3 Å². The number of carbonyl (C=O) groups is 1. The molecule has 1 aromatic rings. The Morgan fingerprint density at radius 2 is 1.79 bits per heavy atom. The molecule has 0 radical (unpaired) electrons. The number of nitrogens with zero attached hydrogens (tertiary/aromatic N) is 2. The van der Waals surface area contributed by atoms with Crippen LogP contribution in [-0.4, -0.2) is 40.2 Å². The summed E-state index contributed by atoms with van der Waals surface area (Å²) >= 11 is 0. The van der Waals surface area contributed by atoms with E-state index in [1.54, 1.807) is 12.1 Å². The second-order valence-electron chi connectivity index (χ2n) is 10.9. The minimum Gasteiger partial charge on any atom is -0.484 e. The minimum absolute atomic E-state index is 0.00652. The zero-order valence-electron chi connectivity index (χ0n) is 20.3. The zero-order valence-corrected chi connectivity index (χ0v) is 20.3. The minimum atomic E-state index is -5.05. The van der Waals surface area contributed by atoms with E-state index in [2.05, 4.69) is 25.9 Å². The number of alkyl halides is 3. The Kier molecular flexibility index (Phi) is 6.65. The summed E-state index contributed by atoms with van der Waals surface area (Å²) in [7, 11) is 0. The molecule has 0 saturated heterocycles. The molecule has 184 valence electrons. The first-order valence-electron chi connectivity index (χ1n) is 11.5. The van der Waals surface area contributed by atoms with Crippen LogP contribution in [0, 0.1) is 17.3 Å². The average Bonchev–Trinajstić information content (AvgIpc) is 3.05. The summed E-state index contributed by atoms with van der Waals surface area (Å²) in [5, 5.41) is 15.1. The summed E-state index contributed by atoms with van der Waals surface area (Å²) in [4.78, 5) is 12.8. The Balaban J connectivity index is 1.79. The van der Waals surface area contributed by atoms with Crippen molar-refractivity contribution in [2.45, 2.75) is 84.5 Å². The molecular weight excluding hydrogens is 433 g/mol. The van der Waals surface area contributed by atoms with E-state index in [4.69, 9.17) is 4.74 Å². The molecule has 1 saturated carbocycles. The number of amides is 1. The molecule has 3 rings (SSSR count). The molecule has 1 aliphatic carbocycles. The maximum Gasteiger partial charge on any atom is 0.439 e. The van der Waals surface area contributed by atoms with Crippen LogP contribution < -0.4 is 4.74 Å². The number of rotatable bonds is 5. The fourth-order valence-corrected chi connectivity index (χ4v) is 4.72. The summed E-state index contributed by atoms with van der Waals surface area (Å²) in [6.45, 7) is 11.6. The highest BCUT2D eigenvalue weighted by Gasteiger charge is 2.69. The molecule has 1 aliphatic heterocycles. The molecule has 2 aliphatic rings. The Morgan fingerprint density at radius 3 is 2.30 bits per heavy atom. The first-order chi connectivity index (χ1) is 15.1. The van der Waals surface area contributed by atoms with Crippen molar-refractivity contribution in [3.05, 3.63) is 29.8 Å². The predicted molar refractivity (Wildman–Crippen MR) is 121 cm³/mol. The van der Waals surface area contributed by atoms with E-state index >= 15 is 0 Å². The first kappa shape index (κ1) is 25.5. The van der Waals surface area contributed by atoms with Gasteiger partial charge in [0, 0.05) is 5.71 Å². The van der Waals surface area contributed by atoms with E-state index in [0.717, 1.165) is 12.0 Å². The molecule has 8 heteroatoms. The molecule has 1 heterocycles. The van der Waals surface area contributed by atoms with Gasteiger partial charge in [0.15, 0.2) is 6.61 Å². The average molecular weight is 469 g/mol. The van der Waals surface area contributed by atoms with Gasteiger partial charge in [0.25, 0.3) is 11.6 Å². The van der Waals surface area contributed by atoms with Gasteiger partial charge in [-0.05, 0) is 53.7 Å². The van der Waals surface area contributed by atoms with Crippen LogP contribution in [0.1, 0.15) is 72.8 Å². The van der Waals surface area contributed by atoms with E-state index in [1.165, 1.54) is 0 Å². The molecule has 1 aromatic carbocycles. The topological polar surface area (TPSA) is 62.1 Å². The summed E-state index contributed by atoms with van der Waals surface area (Å²) in [6.07, 6.45) is -3.09. The van der Waals surface area contributed by atoms with Gasteiger partial charge in [0.1, 0.15) is 5.75 Å². The molecule has 0 bridgehead atoms. The lowest BCUT2D eigenvalue weighted by Gasteiger charge is -2.43. The molecule has 5 nitrogen and oxygen atoms in total. The van der Waals surface area contributed by atoms with Gasteiger partial charge in [-0.3, -0.25) is 4.79 Å². The number of aliphatic hydroxyl groups is 1. The summed E-state index contributed by atoms with van der Waals surface area (Å²) in [6, 6.07) is 7.06. The van der Waals surface area contributed by atoms with E-state index in [9.17, 15) is 23.1 Å². The van der Waals surface area contributed by atoms with Crippen LogP contribution in [0.15, 0.2) is 29.4 Å². The van der Waals surface area contributed by atoms with Crippen molar-refractivity contribution < 1.29 is 27.8 Å². The van der Waals surface area contributed by atoms with Crippen LogP contribution in [0.5, 0.6) is 5.75 Å². The second-order valence-corrected chi connectivity index (χ2v) is 10.9. The first-order valence-corrected chi connectivity index (χ1v) is 11.5. The van der Waals surface area contributed by atoms with Crippen molar-refractivity contribution in [3.63, 3.8) is 0 Å². The third-order valence-corrected chi connectivity index (χ3v) is 7.46. The molecule has 33 heavy (non-hydrogen) atoms. The fraction of sp³-hybridized carbons (Fsp3) is 0.680. The highest BCUT2D eigenvalue weighted by molar-refractivity contribution is 5.93. The summed E-state index contributed by atoms with van der Waals surface area (Å²) in [5.41, 5.74) is -2.30. The smallest absolute Gasteiger partial charge is 0.439 e. The van der Waals surface area contributed by atoms with Gasteiger partial charge < -0.3 is 9.84 Å². The number of hydrogen-bond acceptors (Lipinski definition) is 4. The number of hydrazone groups is 1. The zero-order chi connectivity index (χ0) is 24.8. The summed E-state index contributed by atoms with van der Waals surface area (Å²) < 4.78 is 48.0. The van der Waals surface area contributed by atoms with E-state index in [-0.39, 0.29) is 33.9 Å². The van der Waals surface area contributed by atoms with Gasteiger partial charge >= 0.3 is 6.18 Å². The van der Waals surface area contributed by atoms with Gasteiger partial charge in [-0.25, -0.2) is 0 Å². The van der Waals surface area contributed by atoms with Gasteiger partial charge in [-0.15, -0.1) is 0 Å². The van der Waals surface area contributed by atoms with Crippen LogP contribution in [-0.2, 0) is 10.2 Å². The number of halogens is 3. The Hall–Kier alpha value is -2.09. The maximum absolute atomic E-state index is 14.2. The molecule has 1 fully saturated rings. The van der Waals surface area contributed by atoms with Crippen LogP contribution in [0.2, 0.25) is 0 Å². The lowest BCUT2D eigenvalue weighted by Crippen LogP contribution is -2.62. The number of carbonyl (C=O) groups excluding carboxylic acids is 1. The highest BCUT2D eigenvalue weighted by atomic mass is 19.4. The van der Waals surface area contributed by atoms with Crippen molar-refractivity contribution in [1.29, 1.82) is 0 Å².